The highest BCUT2D eigenvalue weighted by molar-refractivity contribution is 6.41. The molecule has 1 aliphatic rings. The maximum Gasteiger partial charge on any atom is 0.341 e. The minimum atomic E-state index is -1.15. The van der Waals surface area contributed by atoms with Crippen LogP contribution in [-0.2, 0) is 4.79 Å². The number of hydrogen-bond donors (Lipinski definition) is 1. The summed E-state index contributed by atoms with van der Waals surface area (Å²) in [6, 6.07) is 9.65. The van der Waals surface area contributed by atoms with Gasteiger partial charge in [-0.1, -0.05) is 35.9 Å². The molecule has 138 valence electrons. The van der Waals surface area contributed by atoms with Crippen LogP contribution in [0.25, 0.3) is 6.08 Å². The lowest BCUT2D eigenvalue weighted by Crippen LogP contribution is -2.11. The van der Waals surface area contributed by atoms with Crippen LogP contribution >= 0.6 is 11.6 Å². The molecule has 7 heteroatoms. The zero-order valence-corrected chi connectivity index (χ0v) is 15.1. The Labute approximate surface area is 160 Å². The van der Waals surface area contributed by atoms with Crippen LogP contribution in [0, 0.1) is 0 Å². The number of carboxylic acid groups (broad SMARTS) is 1. The summed E-state index contributed by atoms with van der Waals surface area (Å²) >= 11 is 6.20. The molecule has 0 spiro atoms. The van der Waals surface area contributed by atoms with Crippen LogP contribution in [0.2, 0.25) is 5.02 Å². The summed E-state index contributed by atoms with van der Waals surface area (Å²) in [6.45, 7) is 1.47. The number of carbonyl (C=O) groups excluding carboxylic acids is 2. The van der Waals surface area contributed by atoms with Crippen LogP contribution in [0.4, 0.5) is 0 Å². The topological polar surface area (TPSA) is 89.9 Å². The number of ether oxygens (including phenoxy) is 2. The predicted octanol–water partition coefficient (Wildman–Crippen LogP) is 3.66. The molecule has 6 nitrogen and oxygen atoms in total. The molecule has 3 rings (SSSR count). The van der Waals surface area contributed by atoms with Crippen LogP contribution < -0.4 is 9.47 Å². The lowest BCUT2D eigenvalue weighted by molar-refractivity contribution is -0.139. The number of benzene rings is 2. The van der Waals surface area contributed by atoms with Crippen molar-refractivity contribution in [3.05, 3.63) is 63.7 Å². The normalized spacial score (nSPS) is 12.7. The van der Waals surface area contributed by atoms with Crippen molar-refractivity contribution >= 4 is 35.2 Å². The molecule has 2 aromatic carbocycles. The van der Waals surface area contributed by atoms with Crippen molar-refractivity contribution in [1.29, 1.82) is 0 Å². The van der Waals surface area contributed by atoms with E-state index < -0.39 is 12.6 Å². The molecular formula is C20H15ClO6. The first-order chi connectivity index (χ1) is 12.9. The maximum atomic E-state index is 12.5. The molecule has 0 bridgehead atoms. The standard InChI is InChI=1S/C20H15ClO6/c1-2-26-16-9-11(8-15(21)20(16)27-10-17(22)23)7-14-18(24)12-5-3-4-6-13(12)19(14)25/h3-9H,2,10H2,1H3,(H,22,23). The number of ketones is 2. The van der Waals surface area contributed by atoms with Gasteiger partial charge in [-0.15, -0.1) is 0 Å². The molecule has 0 fully saturated rings. The Bertz CT molecular complexity index is 939. The quantitative estimate of drug-likeness (QED) is 0.601. The van der Waals surface area contributed by atoms with Crippen molar-refractivity contribution in [2.24, 2.45) is 0 Å². The van der Waals surface area contributed by atoms with Gasteiger partial charge in [0, 0.05) is 11.1 Å². The molecule has 0 heterocycles. The molecular weight excluding hydrogens is 372 g/mol. The third-order valence-electron chi connectivity index (χ3n) is 3.89. The van der Waals surface area contributed by atoms with Gasteiger partial charge in [-0.05, 0) is 30.7 Å². The van der Waals surface area contributed by atoms with Crippen molar-refractivity contribution in [2.45, 2.75) is 6.92 Å². The average Bonchev–Trinajstić information content (AvgIpc) is 2.86. The van der Waals surface area contributed by atoms with Gasteiger partial charge in [0.2, 0.25) is 0 Å². The first-order valence-electron chi connectivity index (χ1n) is 8.13. The van der Waals surface area contributed by atoms with E-state index in [0.717, 1.165) is 0 Å². The van der Waals surface area contributed by atoms with E-state index in [-0.39, 0.29) is 33.7 Å². The summed E-state index contributed by atoms with van der Waals surface area (Å²) < 4.78 is 10.7. The predicted molar refractivity (Wildman–Crippen MR) is 98.8 cm³/mol. The Morgan fingerprint density at radius 2 is 1.74 bits per heavy atom. The van der Waals surface area contributed by atoms with E-state index in [9.17, 15) is 14.4 Å². The number of aliphatic carboxylic acids is 1. The van der Waals surface area contributed by atoms with Gasteiger partial charge in [0.05, 0.1) is 17.2 Å². The van der Waals surface area contributed by atoms with E-state index in [1.165, 1.54) is 12.1 Å². The second-order valence-corrected chi connectivity index (χ2v) is 6.11. The van der Waals surface area contributed by atoms with E-state index in [4.69, 9.17) is 26.2 Å². The number of allylic oxidation sites excluding steroid dienone is 1. The summed E-state index contributed by atoms with van der Waals surface area (Å²) in [5.41, 5.74) is 1.24. The van der Waals surface area contributed by atoms with Gasteiger partial charge in [0.25, 0.3) is 0 Å². The van der Waals surface area contributed by atoms with E-state index in [1.807, 2.05) is 0 Å². The first kappa shape index (κ1) is 18.7. The molecule has 2 aromatic rings. The van der Waals surface area contributed by atoms with Gasteiger partial charge in [-0.25, -0.2) is 4.79 Å². The Morgan fingerprint density at radius 1 is 1.11 bits per heavy atom. The van der Waals surface area contributed by atoms with Gasteiger partial charge in [-0.3, -0.25) is 9.59 Å². The van der Waals surface area contributed by atoms with Crippen LogP contribution in [0.1, 0.15) is 33.2 Å². The lowest BCUT2D eigenvalue weighted by Gasteiger charge is -2.13. The Hall–Kier alpha value is -3.12. The monoisotopic (exact) mass is 386 g/mol. The SMILES string of the molecule is CCOc1cc(C=C2C(=O)c3ccccc3C2=O)cc(Cl)c1OCC(=O)O. The van der Waals surface area contributed by atoms with Crippen molar-refractivity contribution in [3.63, 3.8) is 0 Å². The smallest absolute Gasteiger partial charge is 0.341 e. The Morgan fingerprint density at radius 3 is 2.30 bits per heavy atom. The fourth-order valence-electron chi connectivity index (χ4n) is 2.78. The van der Waals surface area contributed by atoms with Crippen molar-refractivity contribution in [3.8, 4) is 11.5 Å². The van der Waals surface area contributed by atoms with Gasteiger partial charge in [0.15, 0.2) is 29.7 Å². The largest absolute Gasteiger partial charge is 0.490 e. The summed E-state index contributed by atoms with van der Waals surface area (Å²) in [4.78, 5) is 35.8. The number of Topliss-reactive ketones (excluding diaryl/α,β-unsaturated/α-hetero) is 2. The zero-order valence-electron chi connectivity index (χ0n) is 14.3. The molecule has 1 aliphatic carbocycles. The Kier molecular flexibility index (Phi) is 5.28. The molecule has 0 radical (unpaired) electrons. The molecule has 0 saturated heterocycles. The fourth-order valence-corrected chi connectivity index (χ4v) is 3.05. The van der Waals surface area contributed by atoms with E-state index >= 15 is 0 Å². The second kappa shape index (κ2) is 7.63. The van der Waals surface area contributed by atoms with Crippen LogP contribution in [-0.4, -0.2) is 35.9 Å². The number of fused-ring (bicyclic) bond motifs is 1. The third kappa shape index (κ3) is 3.71. The van der Waals surface area contributed by atoms with Crippen LogP contribution in [0.5, 0.6) is 11.5 Å². The number of carboxylic acids is 1. The van der Waals surface area contributed by atoms with Gasteiger partial charge in [-0.2, -0.15) is 0 Å². The summed E-state index contributed by atoms with van der Waals surface area (Å²) in [5.74, 6) is -1.53. The van der Waals surface area contributed by atoms with Crippen LogP contribution in [0.3, 0.4) is 0 Å². The Balaban J connectivity index is 2.00. The summed E-state index contributed by atoms with van der Waals surface area (Å²) in [5, 5.41) is 8.90. The first-order valence-corrected chi connectivity index (χ1v) is 8.51. The minimum absolute atomic E-state index is 0.0360. The second-order valence-electron chi connectivity index (χ2n) is 5.71. The molecule has 27 heavy (non-hydrogen) atoms. The molecule has 0 aromatic heterocycles. The molecule has 0 saturated carbocycles. The van der Waals surface area contributed by atoms with Crippen molar-refractivity contribution in [2.75, 3.05) is 13.2 Å². The molecule has 0 unspecified atom stereocenters. The van der Waals surface area contributed by atoms with E-state index in [0.29, 0.717) is 23.3 Å². The summed E-state index contributed by atoms with van der Waals surface area (Å²) in [7, 11) is 0. The minimum Gasteiger partial charge on any atom is -0.490 e. The highest BCUT2D eigenvalue weighted by Gasteiger charge is 2.32. The van der Waals surface area contributed by atoms with Gasteiger partial charge < -0.3 is 14.6 Å². The molecule has 0 amide bonds. The van der Waals surface area contributed by atoms with Gasteiger partial charge in [0.1, 0.15) is 0 Å². The highest BCUT2D eigenvalue weighted by atomic mass is 35.5. The average molecular weight is 387 g/mol. The van der Waals surface area contributed by atoms with Crippen molar-refractivity contribution in [1.82, 2.24) is 0 Å². The third-order valence-corrected chi connectivity index (χ3v) is 4.17. The molecule has 0 atom stereocenters. The number of carbonyl (C=O) groups is 3. The highest BCUT2D eigenvalue weighted by Crippen LogP contribution is 2.38. The lowest BCUT2D eigenvalue weighted by atomic mass is 10.1. The van der Waals surface area contributed by atoms with Crippen molar-refractivity contribution < 1.29 is 29.0 Å². The molecule has 1 N–H and O–H groups in total. The maximum absolute atomic E-state index is 12.5. The van der Waals surface area contributed by atoms with E-state index in [1.54, 1.807) is 37.3 Å². The van der Waals surface area contributed by atoms with Crippen LogP contribution in [0.15, 0.2) is 42.0 Å². The number of hydrogen-bond acceptors (Lipinski definition) is 5. The summed E-state index contributed by atoms with van der Waals surface area (Å²) in [6.07, 6.45) is 1.44. The fraction of sp³-hybridized carbons (Fsp3) is 0.150. The molecule has 0 aliphatic heterocycles. The number of rotatable bonds is 6. The van der Waals surface area contributed by atoms with Gasteiger partial charge >= 0.3 is 5.97 Å². The zero-order chi connectivity index (χ0) is 19.6. The van der Waals surface area contributed by atoms with E-state index in [2.05, 4.69) is 0 Å². The number of halogens is 1.